The minimum atomic E-state index is -1.11. The number of carbonyl (C=O) groups excluding carboxylic acids is 2. The normalized spacial score (nSPS) is 22.4. The molecule has 1 N–H and O–H groups in total. The van der Waals surface area contributed by atoms with Gasteiger partial charge in [0.05, 0.1) is 25.4 Å². The number of hydrogen-bond acceptors (Lipinski definition) is 6. The summed E-state index contributed by atoms with van der Waals surface area (Å²) in [7, 11) is 5.41. The number of nitrogens with one attached hydrogen (secondary N) is 1. The van der Waals surface area contributed by atoms with Crippen LogP contribution in [0.15, 0.2) is 55.0 Å². The van der Waals surface area contributed by atoms with Crippen molar-refractivity contribution in [1.82, 2.24) is 20.1 Å². The largest absolute Gasteiger partial charge is 0.468 e. The standard InChI is InChI=1S/C35H45N5O3/c1-39(2)31-17-14-28(21-36-31)24-10-12-25(13-11-24)32(38-33(41)35(34(42)43-3)18-5-4-6-19-35)27-9-7-8-26(20-27)29-22-37-40(23-29)30-15-16-30/h7-9,14,17,20-25,30,32H,4-6,10-13,15-16,18-19H2,1-3H3,(H,38,41). The lowest BCUT2D eigenvalue weighted by atomic mass is 9.71. The van der Waals surface area contributed by atoms with E-state index in [1.807, 2.05) is 31.4 Å². The van der Waals surface area contributed by atoms with Crippen molar-refractivity contribution in [3.05, 3.63) is 66.1 Å². The average molecular weight is 584 g/mol. The van der Waals surface area contributed by atoms with Gasteiger partial charge in [-0.1, -0.05) is 43.5 Å². The molecule has 0 spiro atoms. The lowest BCUT2D eigenvalue weighted by Crippen LogP contribution is -2.50. The molecule has 8 nitrogen and oxygen atoms in total. The lowest BCUT2D eigenvalue weighted by molar-refractivity contribution is -0.161. The second kappa shape index (κ2) is 12.5. The van der Waals surface area contributed by atoms with Crippen molar-refractivity contribution in [1.29, 1.82) is 0 Å². The van der Waals surface area contributed by atoms with Crippen LogP contribution in [-0.4, -0.2) is 47.8 Å². The first kappa shape index (κ1) is 29.4. The van der Waals surface area contributed by atoms with Crippen molar-refractivity contribution in [2.75, 3.05) is 26.1 Å². The van der Waals surface area contributed by atoms with Crippen molar-refractivity contribution in [2.45, 2.75) is 88.6 Å². The Labute approximate surface area is 255 Å². The van der Waals surface area contributed by atoms with Crippen LogP contribution in [0.5, 0.6) is 0 Å². The van der Waals surface area contributed by atoms with E-state index in [0.29, 0.717) is 24.8 Å². The molecule has 6 rings (SSSR count). The Morgan fingerprint density at radius 3 is 2.40 bits per heavy atom. The summed E-state index contributed by atoms with van der Waals surface area (Å²) < 4.78 is 7.29. The molecule has 43 heavy (non-hydrogen) atoms. The summed E-state index contributed by atoms with van der Waals surface area (Å²) in [5, 5.41) is 8.04. The summed E-state index contributed by atoms with van der Waals surface area (Å²) in [5.74, 6) is 1.10. The number of esters is 1. The molecule has 1 aromatic carbocycles. The Balaban J connectivity index is 1.26. The number of methoxy groups -OCH3 is 1. The van der Waals surface area contributed by atoms with Crippen LogP contribution >= 0.6 is 0 Å². The molecular formula is C35H45N5O3. The van der Waals surface area contributed by atoms with E-state index in [9.17, 15) is 9.59 Å². The van der Waals surface area contributed by atoms with E-state index < -0.39 is 11.4 Å². The fourth-order valence-corrected chi connectivity index (χ4v) is 7.25. The molecule has 1 atom stereocenters. The van der Waals surface area contributed by atoms with Crippen LogP contribution in [0.3, 0.4) is 0 Å². The number of carbonyl (C=O) groups is 2. The lowest BCUT2D eigenvalue weighted by Gasteiger charge is -2.38. The van der Waals surface area contributed by atoms with E-state index in [-0.39, 0.29) is 17.9 Å². The van der Waals surface area contributed by atoms with Crippen LogP contribution in [0.4, 0.5) is 5.82 Å². The number of anilines is 1. The highest BCUT2D eigenvalue weighted by Crippen LogP contribution is 2.44. The second-order valence-electron chi connectivity index (χ2n) is 13.1. The highest BCUT2D eigenvalue weighted by Gasteiger charge is 2.48. The maximum Gasteiger partial charge on any atom is 0.321 e. The summed E-state index contributed by atoms with van der Waals surface area (Å²) >= 11 is 0. The van der Waals surface area contributed by atoms with Gasteiger partial charge in [0.1, 0.15) is 11.2 Å². The van der Waals surface area contributed by atoms with Gasteiger partial charge in [0.2, 0.25) is 5.91 Å². The van der Waals surface area contributed by atoms with Crippen molar-refractivity contribution >= 4 is 17.7 Å². The van der Waals surface area contributed by atoms with Crippen molar-refractivity contribution in [3.63, 3.8) is 0 Å². The predicted molar refractivity (Wildman–Crippen MR) is 168 cm³/mol. The van der Waals surface area contributed by atoms with Crippen LogP contribution < -0.4 is 10.2 Å². The number of nitrogens with zero attached hydrogens (tertiary/aromatic N) is 4. The Kier molecular flexibility index (Phi) is 8.55. The fraction of sp³-hybridized carbons (Fsp3) is 0.543. The topological polar surface area (TPSA) is 89.3 Å². The number of rotatable bonds is 9. The van der Waals surface area contributed by atoms with Gasteiger partial charge in [-0.05, 0) is 92.0 Å². The van der Waals surface area contributed by atoms with Crippen LogP contribution in [0.25, 0.3) is 11.1 Å². The molecule has 8 heteroatoms. The summed E-state index contributed by atoms with van der Waals surface area (Å²) in [6, 6.07) is 13.2. The molecule has 2 heterocycles. The highest BCUT2D eigenvalue weighted by molar-refractivity contribution is 6.03. The van der Waals surface area contributed by atoms with Gasteiger partial charge in [0.15, 0.2) is 0 Å². The number of ether oxygens (including phenoxy) is 1. The molecule has 3 aromatic rings. The van der Waals surface area contributed by atoms with Gasteiger partial charge >= 0.3 is 5.97 Å². The zero-order chi connectivity index (χ0) is 30.0. The summed E-state index contributed by atoms with van der Waals surface area (Å²) in [6.45, 7) is 0. The average Bonchev–Trinajstić information content (AvgIpc) is 3.79. The van der Waals surface area contributed by atoms with Crippen molar-refractivity contribution < 1.29 is 14.3 Å². The zero-order valence-corrected chi connectivity index (χ0v) is 25.8. The predicted octanol–water partition coefficient (Wildman–Crippen LogP) is 6.60. The van der Waals surface area contributed by atoms with E-state index in [1.54, 1.807) is 0 Å². The molecule has 0 saturated heterocycles. The Morgan fingerprint density at radius 1 is 0.977 bits per heavy atom. The fourth-order valence-electron chi connectivity index (χ4n) is 7.25. The smallest absolute Gasteiger partial charge is 0.321 e. The minimum Gasteiger partial charge on any atom is -0.468 e. The first-order chi connectivity index (χ1) is 20.9. The van der Waals surface area contributed by atoms with Gasteiger partial charge in [0.25, 0.3) is 0 Å². The third-order valence-corrected chi connectivity index (χ3v) is 10.0. The van der Waals surface area contributed by atoms with Gasteiger partial charge in [0, 0.05) is 32.1 Å². The summed E-state index contributed by atoms with van der Waals surface area (Å²) in [5.41, 5.74) is 3.46. The van der Waals surface area contributed by atoms with Crippen LogP contribution in [0.1, 0.15) is 99.8 Å². The quantitative estimate of drug-likeness (QED) is 0.226. The summed E-state index contributed by atoms with van der Waals surface area (Å²) in [6.07, 6.45) is 16.4. The molecule has 3 aliphatic carbocycles. The van der Waals surface area contributed by atoms with Crippen molar-refractivity contribution in [2.24, 2.45) is 11.3 Å². The molecule has 3 saturated carbocycles. The number of benzene rings is 1. The van der Waals surface area contributed by atoms with E-state index in [2.05, 4.69) is 62.7 Å². The molecule has 2 aromatic heterocycles. The Bertz CT molecular complexity index is 1410. The van der Waals surface area contributed by atoms with E-state index >= 15 is 0 Å². The monoisotopic (exact) mass is 583 g/mol. The molecule has 1 amide bonds. The maximum absolute atomic E-state index is 14.1. The van der Waals surface area contributed by atoms with Crippen LogP contribution in [-0.2, 0) is 14.3 Å². The SMILES string of the molecule is COC(=O)C1(C(=O)NC(c2cccc(-c3cnn(C4CC4)c3)c2)C2CCC(c3ccc(N(C)C)nc3)CC2)CCCCC1. The first-order valence-corrected chi connectivity index (χ1v) is 16.0. The van der Waals surface area contributed by atoms with Crippen LogP contribution in [0, 0.1) is 11.3 Å². The van der Waals surface area contributed by atoms with Gasteiger partial charge in [-0.2, -0.15) is 5.10 Å². The molecular weight excluding hydrogens is 538 g/mol. The molecule has 228 valence electrons. The van der Waals surface area contributed by atoms with Gasteiger partial charge in [-0.15, -0.1) is 0 Å². The number of amides is 1. The number of hydrogen-bond donors (Lipinski definition) is 1. The van der Waals surface area contributed by atoms with Gasteiger partial charge in [-0.3, -0.25) is 14.3 Å². The van der Waals surface area contributed by atoms with Gasteiger partial charge in [-0.25, -0.2) is 4.98 Å². The molecule has 1 unspecified atom stereocenters. The second-order valence-corrected chi connectivity index (χ2v) is 13.1. The third kappa shape index (κ3) is 6.20. The number of aromatic nitrogens is 3. The molecule has 0 bridgehead atoms. The third-order valence-electron chi connectivity index (χ3n) is 10.0. The minimum absolute atomic E-state index is 0.179. The van der Waals surface area contributed by atoms with Crippen LogP contribution in [0.2, 0.25) is 0 Å². The van der Waals surface area contributed by atoms with E-state index in [4.69, 9.17) is 4.74 Å². The Morgan fingerprint density at radius 2 is 1.74 bits per heavy atom. The zero-order valence-electron chi connectivity index (χ0n) is 25.8. The molecule has 3 aliphatic rings. The molecule has 0 aliphatic heterocycles. The van der Waals surface area contributed by atoms with E-state index in [1.165, 1.54) is 25.5 Å². The molecule has 3 fully saturated rings. The first-order valence-electron chi connectivity index (χ1n) is 16.0. The summed E-state index contributed by atoms with van der Waals surface area (Å²) in [4.78, 5) is 33.9. The maximum atomic E-state index is 14.1. The van der Waals surface area contributed by atoms with Gasteiger partial charge < -0.3 is 15.0 Å². The van der Waals surface area contributed by atoms with Crippen molar-refractivity contribution in [3.8, 4) is 11.1 Å². The number of pyridine rings is 1. The molecule has 0 radical (unpaired) electrons. The van der Waals surface area contributed by atoms with E-state index in [0.717, 1.165) is 67.5 Å². The Hall–Kier alpha value is -3.68. The highest BCUT2D eigenvalue weighted by atomic mass is 16.5.